The molecule has 2 aromatic rings. The molecule has 23 heavy (non-hydrogen) atoms. The normalized spacial score (nSPS) is 15.5. The average Bonchev–Trinajstić information content (AvgIpc) is 2.80. The van der Waals surface area contributed by atoms with E-state index in [2.05, 4.69) is 34.2 Å². The van der Waals surface area contributed by atoms with E-state index in [1.807, 2.05) is 19.1 Å². The summed E-state index contributed by atoms with van der Waals surface area (Å²) in [6.45, 7) is 5.77. The molecule has 0 bridgehead atoms. The second-order valence-electron chi connectivity index (χ2n) is 5.63. The summed E-state index contributed by atoms with van der Waals surface area (Å²) in [6, 6.07) is 8.20. The summed E-state index contributed by atoms with van der Waals surface area (Å²) in [4.78, 5) is 8.26. The van der Waals surface area contributed by atoms with Crippen molar-refractivity contribution in [3.05, 3.63) is 46.5 Å². The topological polar surface area (TPSA) is 51.4 Å². The number of thiazole rings is 1. The first-order valence-electron chi connectivity index (χ1n) is 8.10. The van der Waals surface area contributed by atoms with Gasteiger partial charge in [0.2, 0.25) is 0 Å². The zero-order valence-electron chi connectivity index (χ0n) is 13.5. The number of hydrogen-bond donors (Lipinski definition) is 1. The molecular formula is C18H23N3OS. The number of benzene rings is 1. The predicted molar refractivity (Wildman–Crippen MR) is 97.0 cm³/mol. The molecule has 0 fully saturated rings. The van der Waals surface area contributed by atoms with Crippen LogP contribution in [0.4, 0.5) is 5.13 Å². The molecule has 4 nitrogen and oxygen atoms in total. The Kier molecular flexibility index (Phi) is 5.31. The Balaban J connectivity index is 1.54. The summed E-state index contributed by atoms with van der Waals surface area (Å²) < 4.78 is 5.54. The molecule has 1 aliphatic rings. The molecule has 0 saturated carbocycles. The molecule has 122 valence electrons. The number of nitrogens with zero attached hydrogens (tertiary/aromatic N) is 2. The van der Waals surface area contributed by atoms with Gasteiger partial charge in [-0.3, -0.25) is 4.90 Å². The van der Waals surface area contributed by atoms with Gasteiger partial charge in [0.1, 0.15) is 5.75 Å². The lowest BCUT2D eigenvalue weighted by atomic mass is 10.2. The van der Waals surface area contributed by atoms with E-state index in [0.717, 1.165) is 38.2 Å². The molecule has 0 unspecified atom stereocenters. The van der Waals surface area contributed by atoms with E-state index in [1.54, 1.807) is 11.3 Å². The maximum Gasteiger partial charge on any atom is 0.180 e. The lowest BCUT2D eigenvalue weighted by Crippen LogP contribution is -2.26. The van der Waals surface area contributed by atoms with Crippen LogP contribution in [0.15, 0.2) is 30.3 Å². The van der Waals surface area contributed by atoms with Gasteiger partial charge >= 0.3 is 0 Å². The fraction of sp³-hybridized carbons (Fsp3) is 0.389. The van der Waals surface area contributed by atoms with E-state index >= 15 is 0 Å². The molecule has 2 heterocycles. The van der Waals surface area contributed by atoms with E-state index in [0.29, 0.717) is 11.7 Å². The van der Waals surface area contributed by atoms with Crippen LogP contribution in [0.25, 0.3) is 6.08 Å². The third kappa shape index (κ3) is 4.33. The quantitative estimate of drug-likeness (QED) is 0.915. The van der Waals surface area contributed by atoms with Gasteiger partial charge in [0.25, 0.3) is 0 Å². The number of nitrogens with two attached hydrogens (primary N) is 1. The van der Waals surface area contributed by atoms with Crippen LogP contribution in [-0.2, 0) is 12.8 Å². The van der Waals surface area contributed by atoms with Crippen molar-refractivity contribution in [3.8, 4) is 5.75 Å². The smallest absolute Gasteiger partial charge is 0.180 e. The maximum absolute atomic E-state index is 5.79. The van der Waals surface area contributed by atoms with E-state index in [1.165, 1.54) is 16.1 Å². The fourth-order valence-corrected chi connectivity index (χ4v) is 3.69. The molecule has 0 atom stereocenters. The maximum atomic E-state index is 5.79. The standard InChI is InChI=1S/C18H23N3OS/c1-2-22-15-7-3-5-14(13-15)6-4-10-21-11-8-16-17(9-12-21)23-18(19)20-16/h3-7,13H,2,8-12H2,1H3,(H2,19,20). The number of aromatic nitrogens is 1. The summed E-state index contributed by atoms with van der Waals surface area (Å²) in [5, 5.41) is 0.706. The van der Waals surface area contributed by atoms with Crippen LogP contribution < -0.4 is 10.5 Å². The highest BCUT2D eigenvalue weighted by Gasteiger charge is 2.16. The predicted octanol–water partition coefficient (Wildman–Crippen LogP) is 3.24. The van der Waals surface area contributed by atoms with Crippen molar-refractivity contribution in [2.45, 2.75) is 19.8 Å². The van der Waals surface area contributed by atoms with Crippen LogP contribution in [0.5, 0.6) is 5.75 Å². The van der Waals surface area contributed by atoms with Crippen molar-refractivity contribution in [3.63, 3.8) is 0 Å². The van der Waals surface area contributed by atoms with Gasteiger partial charge in [-0.2, -0.15) is 0 Å². The first-order chi connectivity index (χ1) is 11.2. The zero-order chi connectivity index (χ0) is 16.1. The van der Waals surface area contributed by atoms with Crippen molar-refractivity contribution in [2.75, 3.05) is 32.0 Å². The Morgan fingerprint density at radius 3 is 3.09 bits per heavy atom. The number of ether oxygens (including phenoxy) is 1. The van der Waals surface area contributed by atoms with Crippen LogP contribution in [-0.4, -0.2) is 36.1 Å². The molecular weight excluding hydrogens is 306 g/mol. The SMILES string of the molecule is CCOc1cccc(C=CCN2CCc3nc(N)sc3CC2)c1. The Morgan fingerprint density at radius 1 is 1.35 bits per heavy atom. The Labute approximate surface area is 141 Å². The van der Waals surface area contributed by atoms with Gasteiger partial charge in [0, 0.05) is 30.9 Å². The van der Waals surface area contributed by atoms with Crippen LogP contribution in [0.1, 0.15) is 23.1 Å². The van der Waals surface area contributed by atoms with E-state index in [4.69, 9.17) is 10.5 Å². The average molecular weight is 329 g/mol. The van der Waals surface area contributed by atoms with Gasteiger partial charge in [0.15, 0.2) is 5.13 Å². The summed E-state index contributed by atoms with van der Waals surface area (Å²) >= 11 is 1.64. The number of anilines is 1. The minimum atomic E-state index is 0.698. The summed E-state index contributed by atoms with van der Waals surface area (Å²) in [5.74, 6) is 0.928. The number of nitrogen functional groups attached to an aromatic ring is 1. The summed E-state index contributed by atoms with van der Waals surface area (Å²) in [5.41, 5.74) is 8.17. The largest absolute Gasteiger partial charge is 0.494 e. The third-order valence-corrected chi connectivity index (χ3v) is 4.94. The van der Waals surface area contributed by atoms with Gasteiger partial charge in [-0.15, -0.1) is 11.3 Å². The Morgan fingerprint density at radius 2 is 2.22 bits per heavy atom. The molecule has 0 saturated heterocycles. The van der Waals surface area contributed by atoms with Gasteiger partial charge in [-0.05, 0) is 31.0 Å². The summed E-state index contributed by atoms with van der Waals surface area (Å²) in [7, 11) is 0. The van der Waals surface area contributed by atoms with Crippen molar-refractivity contribution in [1.29, 1.82) is 0 Å². The minimum absolute atomic E-state index is 0.698. The Bertz CT molecular complexity index is 655. The highest BCUT2D eigenvalue weighted by molar-refractivity contribution is 7.15. The molecule has 0 spiro atoms. The molecule has 2 N–H and O–H groups in total. The van der Waals surface area contributed by atoms with E-state index < -0.39 is 0 Å². The van der Waals surface area contributed by atoms with Crippen LogP contribution in [0, 0.1) is 0 Å². The second kappa shape index (κ2) is 7.62. The highest BCUT2D eigenvalue weighted by Crippen LogP contribution is 2.24. The van der Waals surface area contributed by atoms with Crippen LogP contribution >= 0.6 is 11.3 Å². The van der Waals surface area contributed by atoms with Crippen molar-refractivity contribution < 1.29 is 4.74 Å². The number of fused-ring (bicyclic) bond motifs is 1. The first kappa shape index (κ1) is 16.0. The fourth-order valence-electron chi connectivity index (χ4n) is 2.82. The van der Waals surface area contributed by atoms with E-state index in [-0.39, 0.29) is 0 Å². The number of hydrogen-bond acceptors (Lipinski definition) is 5. The zero-order valence-corrected chi connectivity index (χ0v) is 14.3. The molecule has 0 amide bonds. The van der Waals surface area contributed by atoms with Gasteiger partial charge in [0.05, 0.1) is 12.3 Å². The van der Waals surface area contributed by atoms with Gasteiger partial charge in [-0.1, -0.05) is 24.3 Å². The highest BCUT2D eigenvalue weighted by atomic mass is 32.1. The van der Waals surface area contributed by atoms with Gasteiger partial charge < -0.3 is 10.5 Å². The minimum Gasteiger partial charge on any atom is -0.494 e. The Hall–Kier alpha value is -1.85. The lowest BCUT2D eigenvalue weighted by molar-refractivity contribution is 0.318. The molecule has 3 rings (SSSR count). The lowest BCUT2D eigenvalue weighted by Gasteiger charge is -2.17. The first-order valence-corrected chi connectivity index (χ1v) is 8.92. The van der Waals surface area contributed by atoms with Crippen molar-refractivity contribution in [1.82, 2.24) is 9.88 Å². The molecule has 0 radical (unpaired) electrons. The van der Waals surface area contributed by atoms with Crippen LogP contribution in [0.2, 0.25) is 0 Å². The van der Waals surface area contributed by atoms with E-state index in [9.17, 15) is 0 Å². The van der Waals surface area contributed by atoms with Crippen LogP contribution in [0.3, 0.4) is 0 Å². The molecule has 5 heteroatoms. The second-order valence-corrected chi connectivity index (χ2v) is 6.75. The molecule has 0 aliphatic carbocycles. The van der Waals surface area contributed by atoms with Crippen molar-refractivity contribution >= 4 is 22.5 Å². The molecule has 1 aliphatic heterocycles. The third-order valence-electron chi connectivity index (χ3n) is 3.96. The molecule has 1 aromatic heterocycles. The summed E-state index contributed by atoms with van der Waals surface area (Å²) in [6.07, 6.45) is 6.44. The van der Waals surface area contributed by atoms with Crippen molar-refractivity contribution in [2.24, 2.45) is 0 Å². The monoisotopic (exact) mass is 329 g/mol. The van der Waals surface area contributed by atoms with Gasteiger partial charge in [-0.25, -0.2) is 4.98 Å². The molecule has 1 aromatic carbocycles. The number of rotatable bonds is 5.